The molecular weight excluding hydrogens is 333 g/mol. The Morgan fingerprint density at radius 2 is 1.85 bits per heavy atom. The maximum atomic E-state index is 15.0. The molecule has 1 aliphatic carbocycles. The summed E-state index contributed by atoms with van der Waals surface area (Å²) >= 11 is 0. The Morgan fingerprint density at radius 1 is 1.19 bits per heavy atom. The zero-order chi connectivity index (χ0) is 18.4. The lowest BCUT2D eigenvalue weighted by molar-refractivity contribution is -0.142. The van der Waals surface area contributed by atoms with Gasteiger partial charge in [0, 0.05) is 51.3 Å². The van der Waals surface area contributed by atoms with Crippen LogP contribution < -0.4 is 5.32 Å². The van der Waals surface area contributed by atoms with E-state index in [2.05, 4.69) is 10.3 Å². The average Bonchev–Trinajstić information content (AvgIpc) is 3.19. The lowest BCUT2D eigenvalue weighted by Gasteiger charge is -2.35. The Hall–Kier alpha value is -1.98. The third-order valence-corrected chi connectivity index (χ3v) is 5.76. The number of halogens is 1. The van der Waals surface area contributed by atoms with Crippen LogP contribution in [0.5, 0.6) is 0 Å². The summed E-state index contributed by atoms with van der Waals surface area (Å²) in [5.74, 6) is 0.214. The van der Waals surface area contributed by atoms with Gasteiger partial charge in [-0.1, -0.05) is 25.7 Å². The second-order valence-electron chi connectivity index (χ2n) is 7.57. The fraction of sp³-hybridized carbons (Fsp3) is 0.650. The zero-order valence-corrected chi connectivity index (χ0v) is 15.3. The molecule has 2 fully saturated rings. The topological polar surface area (TPSA) is 62.3 Å². The smallest absolute Gasteiger partial charge is 0.258 e. The van der Waals surface area contributed by atoms with E-state index in [1.807, 2.05) is 0 Å². The fourth-order valence-electron chi connectivity index (χ4n) is 3.96. The number of nitrogens with zero attached hydrogens (tertiary/aromatic N) is 2. The monoisotopic (exact) mass is 361 g/mol. The second-order valence-corrected chi connectivity index (χ2v) is 7.57. The number of pyridine rings is 1. The number of carbonyl (C=O) groups excluding carboxylic acids is 2. The molecule has 0 atom stereocenters. The largest absolute Gasteiger partial charge is 0.349 e. The molecule has 0 bridgehead atoms. The average molecular weight is 361 g/mol. The molecule has 1 saturated carbocycles. The molecule has 3 rings (SSSR count). The number of carbonyl (C=O) groups is 2. The van der Waals surface area contributed by atoms with Gasteiger partial charge in [-0.3, -0.25) is 14.6 Å². The summed E-state index contributed by atoms with van der Waals surface area (Å²) in [5, 5.41) is 2.67. The van der Waals surface area contributed by atoms with Crippen molar-refractivity contribution in [3.63, 3.8) is 0 Å². The van der Waals surface area contributed by atoms with Crippen LogP contribution in [0.25, 0.3) is 0 Å². The lowest BCUT2D eigenvalue weighted by Crippen LogP contribution is -2.52. The van der Waals surface area contributed by atoms with E-state index in [1.165, 1.54) is 25.7 Å². The number of alkyl halides is 1. The van der Waals surface area contributed by atoms with Crippen LogP contribution in [0.15, 0.2) is 24.5 Å². The number of piperidine rings is 1. The van der Waals surface area contributed by atoms with Crippen molar-refractivity contribution in [2.75, 3.05) is 13.1 Å². The number of rotatable bonds is 6. The van der Waals surface area contributed by atoms with Crippen LogP contribution in [0.3, 0.4) is 0 Å². The first-order valence-corrected chi connectivity index (χ1v) is 9.71. The van der Waals surface area contributed by atoms with Gasteiger partial charge in [0.25, 0.3) is 5.91 Å². The highest BCUT2D eigenvalue weighted by Gasteiger charge is 2.42. The molecule has 1 N–H and O–H groups in total. The van der Waals surface area contributed by atoms with Gasteiger partial charge in [0.1, 0.15) is 0 Å². The van der Waals surface area contributed by atoms with Crippen LogP contribution in [0.1, 0.15) is 56.9 Å². The molecule has 2 heterocycles. The third-order valence-electron chi connectivity index (χ3n) is 5.76. The number of hydrogen-bond donors (Lipinski definition) is 1. The number of hydrogen-bond acceptors (Lipinski definition) is 3. The second kappa shape index (κ2) is 8.60. The highest BCUT2D eigenvalue weighted by atomic mass is 19.1. The standard InChI is InChI=1S/C20H28FN3O2/c21-20(19(26)23-15-17-7-11-22-12-8-17)9-13-24(14-10-20)18(25)6-5-16-3-1-2-4-16/h7-8,11-12,16H,1-6,9-10,13-15H2,(H,23,26). The maximum Gasteiger partial charge on any atom is 0.258 e. The summed E-state index contributed by atoms with van der Waals surface area (Å²) in [6.45, 7) is 0.933. The van der Waals surface area contributed by atoms with Crippen molar-refractivity contribution in [2.24, 2.45) is 5.92 Å². The molecule has 2 aliphatic rings. The fourth-order valence-corrected chi connectivity index (χ4v) is 3.96. The predicted molar refractivity (Wildman–Crippen MR) is 96.9 cm³/mol. The summed E-state index contributed by atoms with van der Waals surface area (Å²) in [5.41, 5.74) is -0.994. The number of likely N-dealkylation sites (tertiary alicyclic amines) is 1. The Bertz CT molecular complexity index is 609. The molecule has 1 saturated heterocycles. The van der Waals surface area contributed by atoms with Gasteiger partial charge in [-0.2, -0.15) is 0 Å². The normalized spacial score (nSPS) is 20.1. The Morgan fingerprint density at radius 3 is 2.50 bits per heavy atom. The Kier molecular flexibility index (Phi) is 6.22. The maximum absolute atomic E-state index is 15.0. The lowest BCUT2D eigenvalue weighted by atomic mass is 9.91. The van der Waals surface area contributed by atoms with Crippen LogP contribution in [-0.2, 0) is 16.1 Å². The number of nitrogens with one attached hydrogen (secondary N) is 1. The SMILES string of the molecule is O=C(CCC1CCCC1)N1CCC(F)(C(=O)NCc2ccncc2)CC1. The predicted octanol–water partition coefficient (Wildman–Crippen LogP) is 3.00. The highest BCUT2D eigenvalue weighted by molar-refractivity contribution is 5.85. The van der Waals surface area contributed by atoms with Gasteiger partial charge in [0.2, 0.25) is 5.91 Å². The van der Waals surface area contributed by atoms with Gasteiger partial charge in [-0.05, 0) is 30.0 Å². The number of amides is 2. The van der Waals surface area contributed by atoms with Crippen LogP contribution in [0, 0.1) is 5.92 Å². The first-order chi connectivity index (χ1) is 12.6. The van der Waals surface area contributed by atoms with E-state index in [1.54, 1.807) is 29.4 Å². The van der Waals surface area contributed by atoms with E-state index in [-0.39, 0.29) is 25.3 Å². The highest BCUT2D eigenvalue weighted by Crippen LogP contribution is 2.30. The van der Waals surface area contributed by atoms with E-state index in [0.29, 0.717) is 25.4 Å². The molecule has 1 aliphatic heterocycles. The van der Waals surface area contributed by atoms with Gasteiger partial charge in [0.05, 0.1) is 0 Å². The molecule has 2 amide bonds. The van der Waals surface area contributed by atoms with Gasteiger partial charge >= 0.3 is 0 Å². The van der Waals surface area contributed by atoms with Crippen molar-refractivity contribution in [1.29, 1.82) is 0 Å². The first kappa shape index (κ1) is 18.8. The van der Waals surface area contributed by atoms with Crippen molar-refractivity contribution in [1.82, 2.24) is 15.2 Å². The van der Waals surface area contributed by atoms with Crippen molar-refractivity contribution < 1.29 is 14.0 Å². The van der Waals surface area contributed by atoms with Gasteiger partial charge in [-0.15, -0.1) is 0 Å². The molecule has 142 valence electrons. The minimum atomic E-state index is -1.88. The van der Waals surface area contributed by atoms with Crippen LogP contribution in [0.4, 0.5) is 4.39 Å². The number of aromatic nitrogens is 1. The molecule has 6 heteroatoms. The van der Waals surface area contributed by atoms with Crippen molar-refractivity contribution in [2.45, 2.75) is 63.6 Å². The van der Waals surface area contributed by atoms with Crippen molar-refractivity contribution in [3.05, 3.63) is 30.1 Å². The summed E-state index contributed by atoms with van der Waals surface area (Å²) in [4.78, 5) is 30.2. The van der Waals surface area contributed by atoms with Gasteiger partial charge in [-0.25, -0.2) is 4.39 Å². The Labute approximate surface area is 154 Å². The molecule has 0 spiro atoms. The summed E-state index contributed by atoms with van der Waals surface area (Å²) in [7, 11) is 0. The minimum absolute atomic E-state index is 0.0738. The molecular formula is C20H28FN3O2. The van der Waals surface area contributed by atoms with E-state index < -0.39 is 11.6 Å². The van der Waals surface area contributed by atoms with Crippen molar-refractivity contribution >= 4 is 11.8 Å². The van der Waals surface area contributed by atoms with Crippen LogP contribution in [-0.4, -0.2) is 40.5 Å². The van der Waals surface area contributed by atoms with E-state index >= 15 is 0 Å². The van der Waals surface area contributed by atoms with E-state index in [4.69, 9.17) is 0 Å². The summed E-state index contributed by atoms with van der Waals surface area (Å²) in [6.07, 6.45) is 9.96. The zero-order valence-electron chi connectivity index (χ0n) is 15.3. The molecule has 1 aromatic rings. The third kappa shape index (κ3) is 4.80. The summed E-state index contributed by atoms with van der Waals surface area (Å²) < 4.78 is 15.0. The van der Waals surface area contributed by atoms with E-state index in [9.17, 15) is 14.0 Å². The molecule has 0 unspecified atom stereocenters. The first-order valence-electron chi connectivity index (χ1n) is 9.71. The Balaban J connectivity index is 1.42. The van der Waals surface area contributed by atoms with Crippen LogP contribution >= 0.6 is 0 Å². The van der Waals surface area contributed by atoms with Crippen molar-refractivity contribution in [3.8, 4) is 0 Å². The van der Waals surface area contributed by atoms with Gasteiger partial charge < -0.3 is 10.2 Å². The molecule has 0 radical (unpaired) electrons. The minimum Gasteiger partial charge on any atom is -0.349 e. The van der Waals surface area contributed by atoms with Crippen LogP contribution in [0.2, 0.25) is 0 Å². The summed E-state index contributed by atoms with van der Waals surface area (Å²) in [6, 6.07) is 3.58. The molecule has 0 aromatic carbocycles. The molecule has 26 heavy (non-hydrogen) atoms. The quantitative estimate of drug-likeness (QED) is 0.847. The molecule has 1 aromatic heterocycles. The van der Waals surface area contributed by atoms with Gasteiger partial charge in [0.15, 0.2) is 5.67 Å². The van der Waals surface area contributed by atoms with E-state index in [0.717, 1.165) is 12.0 Å². The molecule has 5 nitrogen and oxygen atoms in total.